The summed E-state index contributed by atoms with van der Waals surface area (Å²) in [4.78, 5) is 16.0. The van der Waals surface area contributed by atoms with Gasteiger partial charge in [0.2, 0.25) is 5.91 Å². The van der Waals surface area contributed by atoms with Gasteiger partial charge in [0.1, 0.15) is 18.0 Å². The highest BCUT2D eigenvalue weighted by atomic mass is 35.5. The molecule has 0 unspecified atom stereocenters. The summed E-state index contributed by atoms with van der Waals surface area (Å²) < 4.78 is 17.5. The van der Waals surface area contributed by atoms with Gasteiger partial charge in [0.25, 0.3) is 0 Å². The van der Waals surface area contributed by atoms with Crippen LogP contribution in [0.15, 0.2) is 30.3 Å². The molecule has 2 aromatic rings. The second kappa shape index (κ2) is 12.4. The van der Waals surface area contributed by atoms with Crippen molar-refractivity contribution in [2.45, 2.75) is 58.1 Å². The zero-order valence-corrected chi connectivity index (χ0v) is 23.0. The van der Waals surface area contributed by atoms with Crippen LogP contribution in [0, 0.1) is 13.8 Å². The molecule has 37 heavy (non-hydrogen) atoms. The number of rotatable bonds is 11. The number of benzene rings is 2. The van der Waals surface area contributed by atoms with Gasteiger partial charge < -0.3 is 24.2 Å². The highest BCUT2D eigenvalue weighted by molar-refractivity contribution is 6.32. The Kier molecular flexibility index (Phi) is 9.22. The number of amides is 1. The summed E-state index contributed by atoms with van der Waals surface area (Å²) in [5.74, 6) is 2.42. The van der Waals surface area contributed by atoms with Gasteiger partial charge in [-0.25, -0.2) is 0 Å². The first-order chi connectivity index (χ1) is 17.8. The van der Waals surface area contributed by atoms with Gasteiger partial charge in [-0.15, -0.1) is 0 Å². The fourth-order valence-electron chi connectivity index (χ4n) is 5.05. The summed E-state index contributed by atoms with van der Waals surface area (Å²) in [6.07, 6.45) is 3.71. The zero-order chi connectivity index (χ0) is 26.4. The minimum Gasteiger partial charge on any atom is -0.493 e. The number of ether oxygens (including phenoxy) is 3. The van der Waals surface area contributed by atoms with Crippen molar-refractivity contribution in [1.82, 2.24) is 9.80 Å². The van der Waals surface area contributed by atoms with Gasteiger partial charge in [-0.3, -0.25) is 9.69 Å². The van der Waals surface area contributed by atoms with E-state index in [1.54, 1.807) is 7.11 Å². The van der Waals surface area contributed by atoms with Crippen LogP contribution in [0.3, 0.4) is 0 Å². The predicted octanol–water partition coefficient (Wildman–Crippen LogP) is 4.76. The van der Waals surface area contributed by atoms with E-state index in [-0.39, 0.29) is 12.5 Å². The normalized spacial score (nSPS) is 17.8. The van der Waals surface area contributed by atoms with Crippen molar-refractivity contribution >= 4 is 17.5 Å². The molecule has 2 heterocycles. The number of aliphatic hydroxyl groups is 1. The topological polar surface area (TPSA) is 71.5 Å². The van der Waals surface area contributed by atoms with Crippen molar-refractivity contribution < 1.29 is 24.1 Å². The number of carbonyl (C=O) groups is 1. The van der Waals surface area contributed by atoms with Crippen molar-refractivity contribution in [3.63, 3.8) is 0 Å². The number of aryl methyl sites for hydroxylation is 2. The van der Waals surface area contributed by atoms with Crippen LogP contribution in [0.4, 0.5) is 0 Å². The summed E-state index contributed by atoms with van der Waals surface area (Å²) >= 11 is 6.26. The van der Waals surface area contributed by atoms with Crippen LogP contribution in [0.1, 0.15) is 48.8 Å². The Morgan fingerprint density at radius 1 is 1.03 bits per heavy atom. The van der Waals surface area contributed by atoms with Gasteiger partial charge in [0.05, 0.1) is 13.7 Å². The molecule has 2 aromatic carbocycles. The van der Waals surface area contributed by atoms with Crippen LogP contribution in [0.2, 0.25) is 5.02 Å². The van der Waals surface area contributed by atoms with Gasteiger partial charge in [-0.05, 0) is 80.5 Å². The number of hydrogen-bond acceptors (Lipinski definition) is 6. The first-order valence-electron chi connectivity index (χ1n) is 13.2. The predicted molar refractivity (Wildman–Crippen MR) is 145 cm³/mol. The maximum absolute atomic E-state index is 11.8. The maximum atomic E-state index is 11.8. The molecular weight excluding hydrogens is 492 g/mol. The van der Waals surface area contributed by atoms with Crippen LogP contribution < -0.4 is 14.2 Å². The third-order valence-electron chi connectivity index (χ3n) is 7.34. The maximum Gasteiger partial charge on any atom is 0.222 e. The molecular formula is C29H39ClN2O5. The Balaban J connectivity index is 1.25. The Labute approximate surface area is 225 Å². The van der Waals surface area contributed by atoms with E-state index in [0.717, 1.165) is 78.8 Å². The molecule has 0 atom stereocenters. The lowest BCUT2D eigenvalue weighted by atomic mass is 9.92. The first-order valence-corrected chi connectivity index (χ1v) is 13.6. The summed E-state index contributed by atoms with van der Waals surface area (Å²) in [6, 6.07) is 9.88. The fourth-order valence-corrected chi connectivity index (χ4v) is 5.16. The second-order valence-electron chi connectivity index (χ2n) is 10.3. The molecule has 4 rings (SSSR count). The molecule has 2 aliphatic heterocycles. The van der Waals surface area contributed by atoms with E-state index in [9.17, 15) is 9.90 Å². The van der Waals surface area contributed by atoms with Gasteiger partial charge in [-0.1, -0.05) is 17.7 Å². The molecule has 0 radical (unpaired) electrons. The molecule has 1 N–H and O–H groups in total. The van der Waals surface area contributed by atoms with Crippen LogP contribution in [-0.4, -0.2) is 72.9 Å². The van der Waals surface area contributed by atoms with Crippen LogP contribution >= 0.6 is 11.6 Å². The number of halogens is 1. The number of piperidine rings is 1. The zero-order valence-electron chi connectivity index (χ0n) is 22.2. The molecule has 8 heteroatoms. The van der Waals surface area contributed by atoms with E-state index in [1.165, 1.54) is 0 Å². The Bertz CT molecular complexity index is 1060. The van der Waals surface area contributed by atoms with Gasteiger partial charge >= 0.3 is 0 Å². The van der Waals surface area contributed by atoms with Crippen molar-refractivity contribution in [1.29, 1.82) is 0 Å². The molecule has 0 bridgehead atoms. The molecule has 1 amide bonds. The smallest absolute Gasteiger partial charge is 0.222 e. The largest absolute Gasteiger partial charge is 0.493 e. The van der Waals surface area contributed by atoms with Gasteiger partial charge in [0.15, 0.2) is 11.5 Å². The highest BCUT2D eigenvalue weighted by Crippen LogP contribution is 2.31. The molecule has 0 saturated carbocycles. The minimum atomic E-state index is -0.844. The summed E-state index contributed by atoms with van der Waals surface area (Å²) in [6.45, 7) is 8.65. The van der Waals surface area contributed by atoms with E-state index < -0.39 is 5.60 Å². The molecule has 2 saturated heterocycles. The van der Waals surface area contributed by atoms with Crippen LogP contribution in [0.5, 0.6) is 17.2 Å². The first kappa shape index (κ1) is 27.6. The molecule has 7 nitrogen and oxygen atoms in total. The Hall–Kier alpha value is -2.48. The Morgan fingerprint density at radius 2 is 1.76 bits per heavy atom. The van der Waals surface area contributed by atoms with Gasteiger partial charge in [-0.2, -0.15) is 0 Å². The lowest BCUT2D eigenvalue weighted by Crippen LogP contribution is -2.47. The molecule has 0 aliphatic carbocycles. The number of hydrogen-bond donors (Lipinski definition) is 1. The average Bonchev–Trinajstić information content (AvgIpc) is 3.30. The number of methoxy groups -OCH3 is 1. The van der Waals surface area contributed by atoms with Crippen molar-refractivity contribution in [3.8, 4) is 17.2 Å². The van der Waals surface area contributed by atoms with Crippen LogP contribution in [0.25, 0.3) is 0 Å². The second-order valence-corrected chi connectivity index (χ2v) is 10.7. The van der Waals surface area contributed by atoms with Crippen molar-refractivity contribution in [2.75, 3.05) is 46.5 Å². The fraction of sp³-hybridized carbons (Fsp3) is 0.552. The molecule has 202 valence electrons. The quantitative estimate of drug-likeness (QED) is 0.422. The van der Waals surface area contributed by atoms with E-state index in [4.69, 9.17) is 25.8 Å². The minimum absolute atomic E-state index is 0.245. The number of carbonyl (C=O) groups excluding carboxylic acids is 1. The van der Waals surface area contributed by atoms with E-state index in [1.807, 2.05) is 43.0 Å². The lowest BCUT2D eigenvalue weighted by molar-refractivity contribution is -0.127. The molecule has 0 aromatic heterocycles. The third kappa shape index (κ3) is 7.30. The van der Waals surface area contributed by atoms with E-state index in [0.29, 0.717) is 31.6 Å². The van der Waals surface area contributed by atoms with Gasteiger partial charge in [0, 0.05) is 44.2 Å². The molecule has 2 aliphatic rings. The highest BCUT2D eigenvalue weighted by Gasteiger charge is 2.33. The lowest BCUT2D eigenvalue weighted by Gasteiger charge is -2.38. The summed E-state index contributed by atoms with van der Waals surface area (Å²) in [5, 5.41) is 11.9. The number of likely N-dealkylation sites (tertiary alicyclic amines) is 2. The van der Waals surface area contributed by atoms with E-state index in [2.05, 4.69) is 11.0 Å². The van der Waals surface area contributed by atoms with Crippen molar-refractivity contribution in [2.24, 2.45) is 0 Å². The standard InChI is InChI=1S/C29H39ClN2O5/c1-21-16-24(17-22(2)28(21)30)37-20-29(34)9-13-31(14-10-29)19-23-7-8-25(35-3)26(18-23)36-15-5-12-32-11-4-6-27(32)33/h7-8,16-18,34H,4-6,9-15,19-20H2,1-3H3. The SMILES string of the molecule is COc1ccc(CN2CCC(O)(COc3cc(C)c(Cl)c(C)c3)CC2)cc1OCCCN1CCCC1=O. The Morgan fingerprint density at radius 3 is 2.41 bits per heavy atom. The molecule has 2 fully saturated rings. The van der Waals surface area contributed by atoms with E-state index >= 15 is 0 Å². The summed E-state index contributed by atoms with van der Waals surface area (Å²) in [7, 11) is 1.64. The third-order valence-corrected chi connectivity index (χ3v) is 7.94. The monoisotopic (exact) mass is 530 g/mol. The van der Waals surface area contributed by atoms with Crippen molar-refractivity contribution in [3.05, 3.63) is 52.0 Å². The molecule has 0 spiro atoms. The van der Waals surface area contributed by atoms with Crippen LogP contribution in [-0.2, 0) is 11.3 Å². The average molecular weight is 531 g/mol. The summed E-state index contributed by atoms with van der Waals surface area (Å²) in [5.41, 5.74) is 2.24. The number of nitrogens with zero attached hydrogens (tertiary/aromatic N) is 2.